The van der Waals surface area contributed by atoms with Crippen LogP contribution in [-0.2, 0) is 0 Å². The van der Waals surface area contributed by atoms with Gasteiger partial charge in [0.05, 0.1) is 6.07 Å². The van der Waals surface area contributed by atoms with Crippen LogP contribution in [0.25, 0.3) is 0 Å². The fourth-order valence-corrected chi connectivity index (χ4v) is 0.0913. The Labute approximate surface area is 44.1 Å². The fraction of sp³-hybridized carbons (Fsp3) is 0.800. The van der Waals surface area contributed by atoms with Gasteiger partial charge in [-0.2, -0.15) is 5.26 Å². The first-order chi connectivity index (χ1) is 2.81. The van der Waals surface area contributed by atoms with Crippen LogP contribution in [0.5, 0.6) is 0 Å². The summed E-state index contributed by atoms with van der Waals surface area (Å²) in [7, 11) is 0. The lowest BCUT2D eigenvalue weighted by Crippen LogP contribution is -1.81. The minimum absolute atomic E-state index is 0. The molecule has 0 aromatic rings. The molecule has 0 saturated heterocycles. The molecule has 0 aromatic heterocycles. The molecule has 0 rings (SSSR count). The van der Waals surface area contributed by atoms with Gasteiger partial charge in [-0.05, 0) is 13.3 Å². The van der Waals surface area contributed by atoms with Crippen LogP contribution in [0, 0.1) is 17.2 Å². The molecule has 0 aromatic carbocycles. The first-order valence-electron chi connectivity index (χ1n) is 2.20. The number of hydrogen-bond acceptors (Lipinski definition) is 1. The van der Waals surface area contributed by atoms with Crippen LogP contribution in [0.2, 0.25) is 0 Å². The Morgan fingerprint density at radius 3 is 2.14 bits per heavy atom. The van der Waals surface area contributed by atoms with E-state index in [9.17, 15) is 0 Å². The molecule has 0 heterocycles. The third-order valence-electron chi connectivity index (χ3n) is 0.833. The Balaban J connectivity index is 0. The van der Waals surface area contributed by atoms with Gasteiger partial charge in [-0.1, -0.05) is 6.92 Å². The minimum Gasteiger partial charge on any atom is -0.412 e. The standard InChI is InChI=1S/C5H9N.H2O/c1-3-5(2)4-6;/h5H,3H2,1-2H3;1H2. The molecule has 0 spiro atoms. The smallest absolute Gasteiger partial charge is 0.0652 e. The molecule has 2 N–H and O–H groups in total. The van der Waals surface area contributed by atoms with E-state index in [0.29, 0.717) is 0 Å². The topological polar surface area (TPSA) is 55.3 Å². The lowest BCUT2D eigenvalue weighted by Gasteiger charge is -1.87. The molecule has 0 radical (unpaired) electrons. The van der Waals surface area contributed by atoms with Gasteiger partial charge in [0, 0.05) is 5.92 Å². The van der Waals surface area contributed by atoms with Gasteiger partial charge in [-0.25, -0.2) is 0 Å². The van der Waals surface area contributed by atoms with Gasteiger partial charge >= 0.3 is 0 Å². The van der Waals surface area contributed by atoms with Crippen molar-refractivity contribution in [2.75, 3.05) is 0 Å². The first kappa shape index (κ1) is 9.67. The molecule has 0 aliphatic rings. The highest BCUT2D eigenvalue weighted by molar-refractivity contribution is 4.76. The summed E-state index contributed by atoms with van der Waals surface area (Å²) in [5.74, 6) is 0.241. The Kier molecular flexibility index (Phi) is 7.53. The molecule has 0 fully saturated rings. The van der Waals surface area contributed by atoms with Crippen molar-refractivity contribution in [3.8, 4) is 6.07 Å². The molecule has 0 saturated carbocycles. The van der Waals surface area contributed by atoms with E-state index in [1.807, 2.05) is 13.8 Å². The maximum atomic E-state index is 8.08. The van der Waals surface area contributed by atoms with Crippen LogP contribution in [0.3, 0.4) is 0 Å². The summed E-state index contributed by atoms with van der Waals surface area (Å²) in [5.41, 5.74) is 0. The zero-order valence-electron chi connectivity index (χ0n) is 4.73. The number of nitrogens with zero attached hydrogens (tertiary/aromatic N) is 1. The van der Waals surface area contributed by atoms with E-state index in [4.69, 9.17) is 5.26 Å². The summed E-state index contributed by atoms with van der Waals surface area (Å²) in [5, 5.41) is 8.08. The fourth-order valence-electron chi connectivity index (χ4n) is 0.0913. The Morgan fingerprint density at radius 1 is 1.71 bits per heavy atom. The molecule has 0 amide bonds. The summed E-state index contributed by atoms with van der Waals surface area (Å²) in [6.07, 6.45) is 0.969. The molecule has 2 nitrogen and oxygen atoms in total. The average Bonchev–Trinajstić information content (AvgIpc) is 1.65. The maximum absolute atomic E-state index is 8.08. The van der Waals surface area contributed by atoms with Gasteiger partial charge in [0.25, 0.3) is 0 Å². The van der Waals surface area contributed by atoms with Crippen molar-refractivity contribution in [3.63, 3.8) is 0 Å². The molecular weight excluding hydrogens is 90.1 g/mol. The van der Waals surface area contributed by atoms with Crippen LogP contribution >= 0.6 is 0 Å². The molecular formula is C5H11NO. The Bertz CT molecular complexity index is 65.0. The van der Waals surface area contributed by atoms with Crippen LogP contribution < -0.4 is 0 Å². The van der Waals surface area contributed by atoms with Gasteiger partial charge in [-0.15, -0.1) is 0 Å². The van der Waals surface area contributed by atoms with Gasteiger partial charge in [0.1, 0.15) is 0 Å². The quantitative estimate of drug-likeness (QED) is 0.480. The first-order valence-corrected chi connectivity index (χ1v) is 2.20. The predicted molar refractivity (Wildman–Crippen MR) is 28.7 cm³/mol. The van der Waals surface area contributed by atoms with E-state index in [1.54, 1.807) is 0 Å². The van der Waals surface area contributed by atoms with E-state index < -0.39 is 0 Å². The summed E-state index contributed by atoms with van der Waals surface area (Å²) in [4.78, 5) is 0. The second-order valence-corrected chi connectivity index (χ2v) is 1.44. The largest absolute Gasteiger partial charge is 0.412 e. The van der Waals surface area contributed by atoms with E-state index in [1.165, 1.54) is 0 Å². The number of rotatable bonds is 1. The van der Waals surface area contributed by atoms with E-state index in [-0.39, 0.29) is 11.4 Å². The van der Waals surface area contributed by atoms with E-state index in [2.05, 4.69) is 6.07 Å². The molecule has 0 aliphatic heterocycles. The summed E-state index contributed by atoms with van der Waals surface area (Å²) < 4.78 is 0. The van der Waals surface area contributed by atoms with Crippen LogP contribution in [0.15, 0.2) is 0 Å². The zero-order valence-corrected chi connectivity index (χ0v) is 4.73. The Morgan fingerprint density at radius 2 is 2.14 bits per heavy atom. The molecule has 2 heteroatoms. The van der Waals surface area contributed by atoms with Crippen LogP contribution in [-0.4, -0.2) is 5.48 Å². The second-order valence-electron chi connectivity index (χ2n) is 1.44. The molecule has 7 heavy (non-hydrogen) atoms. The average molecular weight is 101 g/mol. The van der Waals surface area contributed by atoms with Crippen molar-refractivity contribution >= 4 is 0 Å². The number of hydrogen-bond donors (Lipinski definition) is 0. The van der Waals surface area contributed by atoms with Crippen LogP contribution in [0.4, 0.5) is 0 Å². The van der Waals surface area contributed by atoms with Crippen molar-refractivity contribution in [2.24, 2.45) is 5.92 Å². The normalized spacial score (nSPS) is 11.0. The summed E-state index contributed by atoms with van der Waals surface area (Å²) in [6, 6.07) is 2.11. The van der Waals surface area contributed by atoms with E-state index in [0.717, 1.165) is 6.42 Å². The zero-order chi connectivity index (χ0) is 4.99. The van der Waals surface area contributed by atoms with Crippen molar-refractivity contribution in [1.29, 1.82) is 5.26 Å². The maximum Gasteiger partial charge on any atom is 0.0652 e. The van der Waals surface area contributed by atoms with Crippen molar-refractivity contribution < 1.29 is 5.48 Å². The molecule has 0 aliphatic carbocycles. The minimum atomic E-state index is 0. The molecule has 0 bridgehead atoms. The predicted octanol–water partition coefficient (Wildman–Crippen LogP) is 0.731. The highest BCUT2D eigenvalue weighted by Gasteiger charge is 1.88. The van der Waals surface area contributed by atoms with Gasteiger partial charge in [0.15, 0.2) is 0 Å². The van der Waals surface area contributed by atoms with Gasteiger partial charge < -0.3 is 5.48 Å². The molecule has 42 valence electrons. The van der Waals surface area contributed by atoms with Crippen molar-refractivity contribution in [1.82, 2.24) is 0 Å². The second kappa shape index (κ2) is 5.45. The van der Waals surface area contributed by atoms with Gasteiger partial charge in [0.2, 0.25) is 0 Å². The third kappa shape index (κ3) is 5.45. The Hall–Kier alpha value is -0.550. The lowest BCUT2D eigenvalue weighted by atomic mass is 10.2. The highest BCUT2D eigenvalue weighted by Crippen LogP contribution is 1.94. The van der Waals surface area contributed by atoms with Crippen molar-refractivity contribution in [2.45, 2.75) is 20.3 Å². The van der Waals surface area contributed by atoms with Gasteiger partial charge in [-0.3, -0.25) is 0 Å². The van der Waals surface area contributed by atoms with E-state index >= 15 is 0 Å². The third-order valence-corrected chi connectivity index (χ3v) is 0.833. The monoisotopic (exact) mass is 101 g/mol. The molecule has 1 atom stereocenters. The highest BCUT2D eigenvalue weighted by atomic mass is 16.0. The lowest BCUT2D eigenvalue weighted by molar-refractivity contribution is 0.713. The molecule has 1 unspecified atom stereocenters. The summed E-state index contributed by atoms with van der Waals surface area (Å²) in [6.45, 7) is 3.92. The SMILES string of the molecule is CCC(C)C#N.O. The van der Waals surface area contributed by atoms with Crippen molar-refractivity contribution in [3.05, 3.63) is 0 Å². The summed E-state index contributed by atoms with van der Waals surface area (Å²) >= 11 is 0. The number of nitriles is 1. The van der Waals surface area contributed by atoms with Crippen LogP contribution in [0.1, 0.15) is 20.3 Å².